The van der Waals surface area contributed by atoms with Crippen molar-refractivity contribution >= 4 is 5.97 Å². The molecule has 2 rings (SSSR count). The van der Waals surface area contributed by atoms with Crippen LogP contribution in [0.3, 0.4) is 0 Å². The van der Waals surface area contributed by atoms with Crippen LogP contribution >= 0.6 is 0 Å². The number of ether oxygens (including phenoxy) is 2. The zero-order valence-electron chi connectivity index (χ0n) is 8.91. The third kappa shape index (κ3) is 1.44. The highest BCUT2D eigenvalue weighted by Crippen LogP contribution is 2.51. The average molecular weight is 198 g/mol. The zero-order valence-corrected chi connectivity index (χ0v) is 8.91. The highest BCUT2D eigenvalue weighted by molar-refractivity contribution is 5.79. The van der Waals surface area contributed by atoms with E-state index in [9.17, 15) is 4.79 Å². The first kappa shape index (κ1) is 9.97. The van der Waals surface area contributed by atoms with Crippen molar-refractivity contribution in [2.75, 3.05) is 6.61 Å². The first-order chi connectivity index (χ1) is 6.70. The lowest BCUT2D eigenvalue weighted by molar-refractivity contribution is -0.144. The molecule has 0 N–H and O–H groups in total. The Bertz CT molecular complexity index is 239. The minimum atomic E-state index is -0.266. The zero-order chi connectivity index (χ0) is 10.2. The number of rotatable bonds is 2. The molecule has 3 heteroatoms. The maximum absolute atomic E-state index is 11.5. The van der Waals surface area contributed by atoms with Crippen molar-refractivity contribution in [3.05, 3.63) is 0 Å². The van der Waals surface area contributed by atoms with Gasteiger partial charge in [-0.05, 0) is 25.7 Å². The Morgan fingerprint density at radius 3 is 3.00 bits per heavy atom. The Balaban J connectivity index is 1.97. The predicted octanol–water partition coefficient (Wildman–Crippen LogP) is 1.90. The van der Waals surface area contributed by atoms with Gasteiger partial charge in [0.05, 0.1) is 6.61 Å². The molecule has 1 saturated carbocycles. The van der Waals surface area contributed by atoms with Gasteiger partial charge in [-0.1, -0.05) is 19.8 Å². The number of hydrogen-bond donors (Lipinski definition) is 0. The molecule has 0 unspecified atom stereocenters. The summed E-state index contributed by atoms with van der Waals surface area (Å²) in [5.41, 5.74) is -0.148. The van der Waals surface area contributed by atoms with Crippen LogP contribution in [0.15, 0.2) is 0 Å². The van der Waals surface area contributed by atoms with Crippen LogP contribution in [-0.4, -0.2) is 24.3 Å². The molecule has 0 aromatic rings. The summed E-state index contributed by atoms with van der Waals surface area (Å²) in [5.74, 6) is 0.340. The van der Waals surface area contributed by atoms with Gasteiger partial charge in [0.15, 0.2) is 6.10 Å². The van der Waals surface area contributed by atoms with E-state index in [2.05, 4.69) is 6.92 Å². The molecule has 0 aromatic heterocycles. The fourth-order valence-corrected chi connectivity index (χ4v) is 2.56. The SMILES string of the molecule is CCOC(=O)[C@@H]1O[C@]12CCCC[C@@H]2C. The average Bonchev–Trinajstić information content (AvgIpc) is 2.87. The van der Waals surface area contributed by atoms with Gasteiger partial charge in [-0.25, -0.2) is 4.79 Å². The maximum atomic E-state index is 11.5. The summed E-state index contributed by atoms with van der Waals surface area (Å²) >= 11 is 0. The minimum Gasteiger partial charge on any atom is -0.464 e. The molecule has 0 aromatic carbocycles. The van der Waals surface area contributed by atoms with Crippen molar-refractivity contribution in [3.8, 4) is 0 Å². The van der Waals surface area contributed by atoms with E-state index in [1.807, 2.05) is 6.92 Å². The second-order valence-electron chi connectivity index (χ2n) is 4.35. The second kappa shape index (κ2) is 3.54. The Morgan fingerprint density at radius 1 is 1.57 bits per heavy atom. The van der Waals surface area contributed by atoms with Crippen molar-refractivity contribution < 1.29 is 14.3 Å². The van der Waals surface area contributed by atoms with E-state index in [1.54, 1.807) is 0 Å². The molecule has 3 atom stereocenters. The van der Waals surface area contributed by atoms with Crippen LogP contribution in [0, 0.1) is 5.92 Å². The van der Waals surface area contributed by atoms with E-state index >= 15 is 0 Å². The Labute approximate surface area is 84.8 Å². The molecule has 80 valence electrons. The first-order valence-electron chi connectivity index (χ1n) is 5.55. The molecule has 3 nitrogen and oxygen atoms in total. The molecular formula is C11H18O3. The third-order valence-corrected chi connectivity index (χ3v) is 3.51. The van der Waals surface area contributed by atoms with E-state index in [-0.39, 0.29) is 17.7 Å². The second-order valence-corrected chi connectivity index (χ2v) is 4.35. The Hall–Kier alpha value is -0.570. The summed E-state index contributed by atoms with van der Waals surface area (Å²) in [5, 5.41) is 0. The molecule has 1 aliphatic heterocycles. The molecule has 2 fully saturated rings. The van der Waals surface area contributed by atoms with Gasteiger partial charge in [-0.2, -0.15) is 0 Å². The monoisotopic (exact) mass is 198 g/mol. The van der Waals surface area contributed by atoms with Crippen LogP contribution in [0.2, 0.25) is 0 Å². The van der Waals surface area contributed by atoms with Gasteiger partial charge in [0.25, 0.3) is 0 Å². The van der Waals surface area contributed by atoms with Gasteiger partial charge in [0, 0.05) is 0 Å². The summed E-state index contributed by atoms with van der Waals surface area (Å²) in [6, 6.07) is 0. The van der Waals surface area contributed by atoms with Crippen molar-refractivity contribution in [1.82, 2.24) is 0 Å². The molecular weight excluding hydrogens is 180 g/mol. The molecule has 1 heterocycles. The van der Waals surface area contributed by atoms with Crippen LogP contribution in [0.1, 0.15) is 39.5 Å². The summed E-state index contributed by atoms with van der Waals surface area (Å²) in [6.07, 6.45) is 4.38. The van der Waals surface area contributed by atoms with E-state index in [0.29, 0.717) is 12.5 Å². The van der Waals surface area contributed by atoms with Gasteiger partial charge in [0.1, 0.15) is 5.60 Å². The smallest absolute Gasteiger partial charge is 0.338 e. The van der Waals surface area contributed by atoms with Crippen LogP contribution in [-0.2, 0) is 14.3 Å². The van der Waals surface area contributed by atoms with Crippen LogP contribution in [0.5, 0.6) is 0 Å². The molecule has 2 aliphatic rings. The van der Waals surface area contributed by atoms with Gasteiger partial charge in [-0.3, -0.25) is 0 Å². The molecule has 0 radical (unpaired) electrons. The van der Waals surface area contributed by atoms with E-state index in [1.165, 1.54) is 19.3 Å². The quantitative estimate of drug-likeness (QED) is 0.502. The van der Waals surface area contributed by atoms with Crippen molar-refractivity contribution in [2.45, 2.75) is 51.2 Å². The Kier molecular flexibility index (Phi) is 2.52. The third-order valence-electron chi connectivity index (χ3n) is 3.51. The van der Waals surface area contributed by atoms with Crippen LogP contribution in [0.4, 0.5) is 0 Å². The number of esters is 1. The number of epoxide rings is 1. The standard InChI is InChI=1S/C11H18O3/c1-3-13-10(12)9-11(14-9)7-5-4-6-8(11)2/h8-9H,3-7H2,1-2H3/t8-,9-,11-/m0/s1. The van der Waals surface area contributed by atoms with E-state index in [4.69, 9.17) is 9.47 Å². The van der Waals surface area contributed by atoms with Crippen molar-refractivity contribution in [1.29, 1.82) is 0 Å². The van der Waals surface area contributed by atoms with Gasteiger partial charge in [-0.15, -0.1) is 0 Å². The summed E-state index contributed by atoms with van der Waals surface area (Å²) in [4.78, 5) is 11.5. The largest absolute Gasteiger partial charge is 0.464 e. The molecule has 14 heavy (non-hydrogen) atoms. The normalized spacial score (nSPS) is 41.0. The van der Waals surface area contributed by atoms with Gasteiger partial charge < -0.3 is 9.47 Å². The summed E-state index contributed by atoms with van der Waals surface area (Å²) < 4.78 is 10.6. The lowest BCUT2D eigenvalue weighted by Crippen LogP contribution is -2.32. The summed E-state index contributed by atoms with van der Waals surface area (Å²) in [6.45, 7) is 4.46. The fourth-order valence-electron chi connectivity index (χ4n) is 2.56. The van der Waals surface area contributed by atoms with Crippen molar-refractivity contribution in [3.63, 3.8) is 0 Å². The lowest BCUT2D eigenvalue weighted by atomic mass is 9.78. The fraction of sp³-hybridized carbons (Fsp3) is 0.909. The predicted molar refractivity (Wildman–Crippen MR) is 51.9 cm³/mol. The van der Waals surface area contributed by atoms with Gasteiger partial charge >= 0.3 is 5.97 Å². The topological polar surface area (TPSA) is 38.8 Å². The van der Waals surface area contributed by atoms with Crippen molar-refractivity contribution in [2.24, 2.45) is 5.92 Å². The number of carbonyl (C=O) groups is 1. The summed E-state index contributed by atoms with van der Waals surface area (Å²) in [7, 11) is 0. The Morgan fingerprint density at radius 2 is 2.36 bits per heavy atom. The minimum absolute atomic E-state index is 0.148. The van der Waals surface area contributed by atoms with E-state index < -0.39 is 0 Å². The highest BCUT2D eigenvalue weighted by atomic mass is 16.7. The number of hydrogen-bond acceptors (Lipinski definition) is 3. The first-order valence-corrected chi connectivity index (χ1v) is 5.55. The molecule has 0 bridgehead atoms. The van der Waals surface area contributed by atoms with Crippen LogP contribution < -0.4 is 0 Å². The maximum Gasteiger partial charge on any atom is 0.338 e. The molecule has 0 amide bonds. The molecule has 1 spiro atoms. The van der Waals surface area contributed by atoms with Gasteiger partial charge in [0.2, 0.25) is 0 Å². The lowest BCUT2D eigenvalue weighted by Gasteiger charge is -2.25. The number of carbonyl (C=O) groups excluding carboxylic acids is 1. The molecule has 1 saturated heterocycles. The molecule has 1 aliphatic carbocycles. The van der Waals surface area contributed by atoms with Crippen LogP contribution in [0.25, 0.3) is 0 Å². The van der Waals surface area contributed by atoms with E-state index in [0.717, 1.165) is 6.42 Å². The highest BCUT2D eigenvalue weighted by Gasteiger charge is 2.64.